The number of nitriles is 1. The van der Waals surface area contributed by atoms with Crippen molar-refractivity contribution in [1.29, 1.82) is 5.26 Å². The van der Waals surface area contributed by atoms with Crippen molar-refractivity contribution >= 4 is 87.2 Å². The molecule has 0 spiro atoms. The van der Waals surface area contributed by atoms with Crippen LogP contribution in [0.5, 0.6) is 0 Å². The summed E-state index contributed by atoms with van der Waals surface area (Å²) >= 11 is 0. The van der Waals surface area contributed by atoms with Gasteiger partial charge in [-0.15, -0.1) is 0 Å². The number of para-hydroxylation sites is 6. The van der Waals surface area contributed by atoms with Crippen molar-refractivity contribution in [3.63, 3.8) is 0 Å². The van der Waals surface area contributed by atoms with E-state index in [1.165, 1.54) is 38.1 Å². The van der Waals surface area contributed by atoms with Crippen LogP contribution in [0.2, 0.25) is 0 Å². The summed E-state index contributed by atoms with van der Waals surface area (Å²) in [4.78, 5) is 0. The SMILES string of the molecule is N#Cc1cccc2c3ccc4c(c5cc(-n6c7ccccc7c7ccc8c(c9ccccc9n8-c8ccccc8)c76)ccc5n4-c4ccccc4)c3n(-c3ccccc3)c12. The minimum absolute atomic E-state index is 0.650. The lowest BCUT2D eigenvalue weighted by Crippen LogP contribution is -1.96. The third kappa shape index (κ3) is 4.34. The van der Waals surface area contributed by atoms with E-state index < -0.39 is 0 Å². The molecule has 5 nitrogen and oxygen atoms in total. The lowest BCUT2D eigenvalue weighted by Gasteiger charge is -2.11. The molecule has 9 aromatic carbocycles. The summed E-state index contributed by atoms with van der Waals surface area (Å²) in [5.41, 5.74) is 13.9. The molecule has 0 saturated carbocycles. The fourth-order valence-electron chi connectivity index (χ4n) is 10.2. The number of aromatic nitrogens is 4. The predicted octanol–water partition coefficient (Wildman–Crippen LogP) is 13.9. The summed E-state index contributed by atoms with van der Waals surface area (Å²) in [7, 11) is 0. The van der Waals surface area contributed by atoms with Gasteiger partial charge in [0.15, 0.2) is 0 Å². The van der Waals surface area contributed by atoms with Crippen LogP contribution >= 0.6 is 0 Å². The van der Waals surface area contributed by atoms with Crippen molar-refractivity contribution in [3.05, 3.63) is 206 Å². The standard InChI is InChI=1S/C55H33N5/c56-34-35-15-14-24-41-43-29-32-50-52(55(43)60(53(35)41)38-20-8-3-9-21-38)45-33-39(27-30-48(45)58(50)37-18-6-2-7-19-37)59-46-25-12-10-22-40(46)42-28-31-49-51(54(42)59)44-23-11-13-26-47(44)57(49)36-16-4-1-5-17-36/h1-33H. The molecule has 0 amide bonds. The number of benzene rings is 9. The zero-order valence-electron chi connectivity index (χ0n) is 32.3. The van der Waals surface area contributed by atoms with Gasteiger partial charge in [0.05, 0.1) is 49.7 Å². The minimum atomic E-state index is 0.650. The quantitative estimate of drug-likeness (QED) is 0.176. The normalized spacial score (nSPS) is 12.0. The first-order chi connectivity index (χ1) is 29.8. The average molecular weight is 764 g/mol. The van der Waals surface area contributed by atoms with Crippen LogP contribution in [0.4, 0.5) is 0 Å². The van der Waals surface area contributed by atoms with Gasteiger partial charge in [0.2, 0.25) is 0 Å². The summed E-state index contributed by atoms with van der Waals surface area (Å²) in [5.74, 6) is 0. The fourth-order valence-corrected chi connectivity index (χ4v) is 10.2. The van der Waals surface area contributed by atoms with Crippen molar-refractivity contribution in [3.8, 4) is 28.8 Å². The van der Waals surface area contributed by atoms with Crippen LogP contribution in [0.15, 0.2) is 200 Å². The van der Waals surface area contributed by atoms with Crippen LogP contribution in [0.3, 0.4) is 0 Å². The van der Waals surface area contributed by atoms with Crippen LogP contribution in [0.25, 0.3) is 110 Å². The lowest BCUT2D eigenvalue weighted by molar-refractivity contribution is 1.16. The molecule has 4 heterocycles. The molecule has 278 valence electrons. The van der Waals surface area contributed by atoms with E-state index in [4.69, 9.17) is 0 Å². The van der Waals surface area contributed by atoms with E-state index in [-0.39, 0.29) is 0 Å². The third-order valence-electron chi connectivity index (χ3n) is 12.6. The number of hydrogen-bond acceptors (Lipinski definition) is 1. The molecule has 4 aromatic heterocycles. The first-order valence-electron chi connectivity index (χ1n) is 20.3. The molecule has 0 bridgehead atoms. The average Bonchev–Trinajstić information content (AvgIpc) is 4.04. The number of hydrogen-bond donors (Lipinski definition) is 0. The van der Waals surface area contributed by atoms with Gasteiger partial charge < -0.3 is 18.3 Å². The smallest absolute Gasteiger partial charge is 0.101 e. The van der Waals surface area contributed by atoms with Crippen LogP contribution in [-0.4, -0.2) is 18.3 Å². The molecular weight excluding hydrogens is 731 g/mol. The van der Waals surface area contributed by atoms with Gasteiger partial charge in [-0.2, -0.15) is 5.26 Å². The van der Waals surface area contributed by atoms with Crippen molar-refractivity contribution in [2.45, 2.75) is 0 Å². The largest absolute Gasteiger partial charge is 0.309 e. The maximum Gasteiger partial charge on any atom is 0.101 e. The van der Waals surface area contributed by atoms with Gasteiger partial charge in [0.1, 0.15) is 6.07 Å². The van der Waals surface area contributed by atoms with Gasteiger partial charge in [-0.05, 0) is 84.9 Å². The molecule has 60 heavy (non-hydrogen) atoms. The van der Waals surface area contributed by atoms with Gasteiger partial charge in [0.25, 0.3) is 0 Å². The van der Waals surface area contributed by atoms with E-state index in [9.17, 15) is 5.26 Å². The predicted molar refractivity (Wildman–Crippen MR) is 249 cm³/mol. The Bertz CT molecular complexity index is 3930. The van der Waals surface area contributed by atoms with Crippen LogP contribution < -0.4 is 0 Å². The molecule has 0 aliphatic heterocycles. The first-order valence-corrected chi connectivity index (χ1v) is 20.3. The highest BCUT2D eigenvalue weighted by Gasteiger charge is 2.25. The summed E-state index contributed by atoms with van der Waals surface area (Å²) in [6.45, 7) is 0. The molecule has 0 fully saturated rings. The highest BCUT2D eigenvalue weighted by atomic mass is 15.0. The van der Waals surface area contributed by atoms with E-state index in [1.807, 2.05) is 18.2 Å². The minimum Gasteiger partial charge on any atom is -0.309 e. The Morgan fingerprint density at radius 3 is 1.37 bits per heavy atom. The zero-order chi connectivity index (χ0) is 39.5. The number of rotatable bonds is 4. The summed E-state index contributed by atoms with van der Waals surface area (Å²) in [5, 5.41) is 19.9. The molecule has 0 unspecified atom stereocenters. The molecule has 0 N–H and O–H groups in total. The molecule has 5 heteroatoms. The Hall–Kier alpha value is -8.33. The second-order valence-electron chi connectivity index (χ2n) is 15.6. The highest BCUT2D eigenvalue weighted by Crippen LogP contribution is 2.46. The number of fused-ring (bicyclic) bond motifs is 14. The highest BCUT2D eigenvalue weighted by molar-refractivity contribution is 6.28. The molecule has 0 atom stereocenters. The van der Waals surface area contributed by atoms with Gasteiger partial charge in [-0.3, -0.25) is 0 Å². The van der Waals surface area contributed by atoms with Gasteiger partial charge in [-0.25, -0.2) is 0 Å². The first kappa shape index (κ1) is 32.7. The van der Waals surface area contributed by atoms with E-state index in [0.717, 1.165) is 71.9 Å². The Balaban J connectivity index is 1.22. The summed E-state index contributed by atoms with van der Waals surface area (Å²) < 4.78 is 9.59. The molecule has 0 aliphatic carbocycles. The maximum absolute atomic E-state index is 10.5. The zero-order valence-corrected chi connectivity index (χ0v) is 32.3. The van der Waals surface area contributed by atoms with E-state index in [1.54, 1.807) is 0 Å². The molecular formula is C55H33N5. The van der Waals surface area contributed by atoms with Crippen molar-refractivity contribution in [1.82, 2.24) is 18.3 Å². The Kier molecular flexibility index (Phi) is 6.73. The maximum atomic E-state index is 10.5. The topological polar surface area (TPSA) is 43.5 Å². The molecule has 0 radical (unpaired) electrons. The Morgan fingerprint density at radius 1 is 0.283 bits per heavy atom. The molecule has 0 saturated heterocycles. The second-order valence-corrected chi connectivity index (χ2v) is 15.6. The Morgan fingerprint density at radius 2 is 0.733 bits per heavy atom. The molecule has 0 aliphatic rings. The van der Waals surface area contributed by atoms with Gasteiger partial charge in [0, 0.05) is 65.8 Å². The van der Waals surface area contributed by atoms with E-state index in [2.05, 4.69) is 206 Å². The second kappa shape index (κ2) is 12.3. The van der Waals surface area contributed by atoms with Crippen LogP contribution in [0, 0.1) is 11.3 Å². The Labute approximate surface area is 344 Å². The summed E-state index contributed by atoms with van der Waals surface area (Å²) in [6.07, 6.45) is 0. The van der Waals surface area contributed by atoms with E-state index >= 15 is 0 Å². The van der Waals surface area contributed by atoms with Gasteiger partial charge >= 0.3 is 0 Å². The molecule has 13 aromatic rings. The third-order valence-corrected chi connectivity index (χ3v) is 12.6. The van der Waals surface area contributed by atoms with Gasteiger partial charge in [-0.1, -0.05) is 115 Å². The van der Waals surface area contributed by atoms with Crippen molar-refractivity contribution in [2.75, 3.05) is 0 Å². The van der Waals surface area contributed by atoms with E-state index in [0.29, 0.717) is 5.56 Å². The fraction of sp³-hybridized carbons (Fsp3) is 0. The van der Waals surface area contributed by atoms with Crippen LogP contribution in [0.1, 0.15) is 5.56 Å². The van der Waals surface area contributed by atoms with Crippen molar-refractivity contribution in [2.24, 2.45) is 0 Å². The van der Waals surface area contributed by atoms with Crippen molar-refractivity contribution < 1.29 is 0 Å². The summed E-state index contributed by atoms with van der Waals surface area (Å²) in [6, 6.07) is 74.1. The monoisotopic (exact) mass is 763 g/mol. The van der Waals surface area contributed by atoms with Crippen LogP contribution in [-0.2, 0) is 0 Å². The molecule has 13 rings (SSSR count). The number of nitrogens with zero attached hydrogens (tertiary/aromatic N) is 5. The lowest BCUT2D eigenvalue weighted by atomic mass is 10.1.